The average molecular weight is 417 g/mol. The number of thiazole rings is 1. The van der Waals surface area contributed by atoms with Crippen molar-refractivity contribution in [2.75, 3.05) is 27.3 Å². The number of nitrogens with zero attached hydrogens (tertiary/aromatic N) is 4. The fourth-order valence-corrected chi connectivity index (χ4v) is 5.66. The number of hydrogen-bond acceptors (Lipinski definition) is 7. The van der Waals surface area contributed by atoms with Crippen LogP contribution in [0.2, 0.25) is 0 Å². The van der Waals surface area contributed by atoms with Crippen molar-refractivity contribution in [3.63, 3.8) is 0 Å². The van der Waals surface area contributed by atoms with E-state index in [-0.39, 0.29) is 11.9 Å². The van der Waals surface area contributed by atoms with Gasteiger partial charge in [-0.25, -0.2) is 4.98 Å². The van der Waals surface area contributed by atoms with E-state index in [0.29, 0.717) is 34.1 Å². The first-order valence-corrected chi connectivity index (χ1v) is 10.7. The first kappa shape index (κ1) is 20.0. The second-order valence-corrected chi connectivity index (χ2v) is 9.07. The van der Waals surface area contributed by atoms with Gasteiger partial charge in [-0.15, -0.1) is 5.10 Å². The summed E-state index contributed by atoms with van der Waals surface area (Å²) in [6.07, 6.45) is 1.22. The van der Waals surface area contributed by atoms with Crippen molar-refractivity contribution in [3.8, 4) is 17.4 Å². The second-order valence-electron chi connectivity index (χ2n) is 8.06. The summed E-state index contributed by atoms with van der Waals surface area (Å²) in [4.78, 5) is 8.47. The van der Waals surface area contributed by atoms with Crippen LogP contribution in [-0.4, -0.2) is 51.9 Å². The predicted octanol–water partition coefficient (Wildman–Crippen LogP) is 3.89. The molecule has 1 N–H and O–H groups in total. The Hall–Kier alpha value is -2.32. The highest BCUT2D eigenvalue weighted by Gasteiger charge is 2.34. The van der Waals surface area contributed by atoms with E-state index in [0.717, 1.165) is 23.5 Å². The number of aromatic hydroxyl groups is 1. The number of hydrogen-bond donors (Lipinski definition) is 1. The zero-order valence-electron chi connectivity index (χ0n) is 17.5. The van der Waals surface area contributed by atoms with Crippen molar-refractivity contribution in [1.29, 1.82) is 0 Å². The first-order valence-electron chi connectivity index (χ1n) is 9.92. The average Bonchev–Trinajstić information content (AvgIpc) is 3.18. The SMILES string of the molecule is COc1ccc([C@H](c2sc3nc(C)nn3c2O)N2C[C@@H](C)C[C@H](C)C2)cc1OC. The summed E-state index contributed by atoms with van der Waals surface area (Å²) in [5.41, 5.74) is 1.06. The quantitative estimate of drug-likeness (QED) is 0.680. The number of aromatic nitrogens is 3. The number of methoxy groups -OCH3 is 2. The van der Waals surface area contributed by atoms with Crippen LogP contribution in [0.3, 0.4) is 0 Å². The summed E-state index contributed by atoms with van der Waals surface area (Å²) >= 11 is 1.49. The van der Waals surface area contributed by atoms with E-state index in [2.05, 4.69) is 34.9 Å². The van der Waals surface area contributed by atoms with E-state index in [9.17, 15) is 5.11 Å². The number of fused-ring (bicyclic) bond motifs is 1. The maximum absolute atomic E-state index is 11.0. The molecule has 3 atom stereocenters. The Kier molecular flexibility index (Phi) is 5.40. The van der Waals surface area contributed by atoms with Gasteiger partial charge in [0.25, 0.3) is 0 Å². The van der Waals surface area contributed by atoms with Crippen LogP contribution in [-0.2, 0) is 0 Å². The number of ether oxygens (including phenoxy) is 2. The summed E-state index contributed by atoms with van der Waals surface area (Å²) in [6.45, 7) is 8.35. The summed E-state index contributed by atoms with van der Waals surface area (Å²) in [6, 6.07) is 5.88. The van der Waals surface area contributed by atoms with E-state index >= 15 is 0 Å². The molecule has 3 heterocycles. The predicted molar refractivity (Wildman–Crippen MR) is 113 cm³/mol. The highest BCUT2D eigenvalue weighted by molar-refractivity contribution is 7.17. The van der Waals surface area contributed by atoms with E-state index in [1.165, 1.54) is 17.8 Å². The Balaban J connectivity index is 1.85. The maximum atomic E-state index is 11.0. The van der Waals surface area contributed by atoms with Gasteiger partial charge in [-0.3, -0.25) is 4.90 Å². The van der Waals surface area contributed by atoms with Crippen LogP contribution in [0, 0.1) is 18.8 Å². The molecule has 0 radical (unpaired) electrons. The van der Waals surface area contributed by atoms with Crippen molar-refractivity contribution in [2.45, 2.75) is 33.2 Å². The molecule has 0 spiro atoms. The minimum Gasteiger partial charge on any atom is -0.493 e. The first-order chi connectivity index (χ1) is 13.9. The summed E-state index contributed by atoms with van der Waals surface area (Å²) in [7, 11) is 3.28. The lowest BCUT2D eigenvalue weighted by Crippen LogP contribution is -2.41. The number of likely N-dealkylation sites (tertiary alicyclic amines) is 1. The van der Waals surface area contributed by atoms with Crippen LogP contribution in [0.25, 0.3) is 4.96 Å². The largest absolute Gasteiger partial charge is 0.493 e. The highest BCUT2D eigenvalue weighted by Crippen LogP contribution is 2.43. The zero-order valence-corrected chi connectivity index (χ0v) is 18.4. The third-order valence-electron chi connectivity index (χ3n) is 5.54. The van der Waals surface area contributed by atoms with Crippen LogP contribution in [0.1, 0.15) is 42.6 Å². The van der Waals surface area contributed by atoms with Gasteiger partial charge in [0.05, 0.1) is 25.1 Å². The van der Waals surface area contributed by atoms with Crippen LogP contribution in [0.15, 0.2) is 18.2 Å². The second kappa shape index (κ2) is 7.84. The molecule has 1 aliphatic heterocycles. The van der Waals surface area contributed by atoms with E-state index in [1.807, 2.05) is 19.1 Å². The molecule has 7 nitrogen and oxygen atoms in total. The lowest BCUT2D eigenvalue weighted by molar-refractivity contribution is 0.111. The zero-order chi connectivity index (χ0) is 20.7. The van der Waals surface area contributed by atoms with E-state index < -0.39 is 0 Å². The van der Waals surface area contributed by atoms with Crippen molar-refractivity contribution in [1.82, 2.24) is 19.5 Å². The van der Waals surface area contributed by atoms with E-state index in [4.69, 9.17) is 9.47 Å². The van der Waals surface area contributed by atoms with Gasteiger partial charge >= 0.3 is 0 Å². The maximum Gasteiger partial charge on any atom is 0.230 e. The van der Waals surface area contributed by atoms with Crippen molar-refractivity contribution >= 4 is 16.3 Å². The van der Waals surface area contributed by atoms with Crippen molar-refractivity contribution in [3.05, 3.63) is 34.5 Å². The lowest BCUT2D eigenvalue weighted by atomic mass is 9.89. The summed E-state index contributed by atoms with van der Waals surface area (Å²) < 4.78 is 12.5. The molecule has 8 heteroatoms. The third kappa shape index (κ3) is 3.67. The molecule has 2 aromatic heterocycles. The standard InChI is InChI=1S/C21H28N4O3S/c1-12-8-13(2)11-24(10-12)18(15-6-7-16(27-4)17(9-15)28-5)19-20(26)25-21(29-19)22-14(3)23-25/h6-7,9,12-13,18,26H,8,10-11H2,1-5H3/t12-,13-,18+/m0/s1. The smallest absolute Gasteiger partial charge is 0.230 e. The molecule has 1 saturated heterocycles. The van der Waals surface area contributed by atoms with Gasteiger partial charge in [-0.05, 0) is 42.9 Å². The molecule has 29 heavy (non-hydrogen) atoms. The molecule has 4 rings (SSSR count). The van der Waals surface area contributed by atoms with Gasteiger partial charge in [0, 0.05) is 13.1 Å². The Labute approximate surface area is 174 Å². The molecular formula is C21H28N4O3S. The number of rotatable bonds is 5. The molecule has 0 amide bonds. The van der Waals surface area contributed by atoms with Crippen LogP contribution >= 0.6 is 11.3 Å². The van der Waals surface area contributed by atoms with Gasteiger partial charge in [0.1, 0.15) is 5.82 Å². The Morgan fingerprint density at radius 1 is 1.14 bits per heavy atom. The third-order valence-corrected chi connectivity index (χ3v) is 6.61. The van der Waals surface area contributed by atoms with E-state index in [1.54, 1.807) is 18.7 Å². The molecule has 0 bridgehead atoms. The Bertz CT molecular complexity index is 1000. The molecule has 0 saturated carbocycles. The minimum absolute atomic E-state index is 0.103. The van der Waals surface area contributed by atoms with Gasteiger partial charge < -0.3 is 14.6 Å². The van der Waals surface area contributed by atoms with Gasteiger partial charge in [0.2, 0.25) is 10.8 Å². The fourth-order valence-electron chi connectivity index (χ4n) is 4.50. The van der Waals surface area contributed by atoms with Crippen LogP contribution in [0.5, 0.6) is 17.4 Å². The minimum atomic E-state index is -0.103. The van der Waals surface area contributed by atoms with Crippen LogP contribution in [0.4, 0.5) is 0 Å². The number of piperidine rings is 1. The van der Waals surface area contributed by atoms with Crippen molar-refractivity contribution < 1.29 is 14.6 Å². The van der Waals surface area contributed by atoms with Gasteiger partial charge in [0.15, 0.2) is 11.5 Å². The molecule has 1 aliphatic rings. The fraction of sp³-hybridized carbons (Fsp3) is 0.524. The topological polar surface area (TPSA) is 72.1 Å². The monoisotopic (exact) mass is 416 g/mol. The Morgan fingerprint density at radius 2 is 1.83 bits per heavy atom. The summed E-state index contributed by atoms with van der Waals surface area (Å²) in [5.74, 6) is 3.37. The van der Waals surface area contributed by atoms with Gasteiger partial charge in [-0.2, -0.15) is 4.52 Å². The Morgan fingerprint density at radius 3 is 2.45 bits per heavy atom. The molecule has 1 aromatic carbocycles. The highest BCUT2D eigenvalue weighted by atomic mass is 32.1. The van der Waals surface area contributed by atoms with Crippen molar-refractivity contribution in [2.24, 2.45) is 11.8 Å². The molecule has 156 valence electrons. The molecular weight excluding hydrogens is 388 g/mol. The van der Waals surface area contributed by atoms with Crippen LogP contribution < -0.4 is 9.47 Å². The molecule has 0 unspecified atom stereocenters. The summed E-state index contributed by atoms with van der Waals surface area (Å²) in [5, 5.41) is 15.4. The lowest BCUT2D eigenvalue weighted by Gasteiger charge is -2.40. The number of aryl methyl sites for hydroxylation is 1. The molecule has 0 aliphatic carbocycles. The molecule has 3 aromatic rings. The normalized spacial score (nSPS) is 21.4. The van der Waals surface area contributed by atoms with Gasteiger partial charge in [-0.1, -0.05) is 31.3 Å². The molecule has 1 fully saturated rings. The number of benzene rings is 1.